The number of alkyl halides is 2. The summed E-state index contributed by atoms with van der Waals surface area (Å²) in [6.07, 6.45) is -1.68. The summed E-state index contributed by atoms with van der Waals surface area (Å²) in [5.74, 6) is -2.44. The number of hydrogen-bond acceptors (Lipinski definition) is 4. The number of rotatable bonds is 7. The second kappa shape index (κ2) is 8.05. The maximum atomic E-state index is 12.7. The zero-order valence-corrected chi connectivity index (χ0v) is 14.4. The number of carbonyl (C=O) groups excluding carboxylic acids is 1. The zero-order chi connectivity index (χ0) is 22.3. The Bertz CT molecular complexity index is 948. The minimum atomic E-state index is -3.17. The standard InChI is InChI=1S/C17H14Cl2F2N2O3/c18-11-6-22-7-12(19)15(11)23-16(24)10-3-4-13(26-17(20)21)14(5-10)25-8-9-1-2-9/h3-7,9,17H,1-2,8H2,(H,22,23,24)/i1D2,2D2. The van der Waals surface area contributed by atoms with Crippen LogP contribution < -0.4 is 14.8 Å². The number of ether oxygens (including phenoxy) is 2. The Morgan fingerprint density at radius 3 is 2.62 bits per heavy atom. The summed E-state index contributed by atoms with van der Waals surface area (Å²) < 4.78 is 65.4. The molecule has 1 saturated carbocycles. The van der Waals surface area contributed by atoms with Gasteiger partial charge in [0, 0.05) is 23.4 Å². The van der Waals surface area contributed by atoms with Gasteiger partial charge in [-0.2, -0.15) is 8.78 Å². The lowest BCUT2D eigenvalue weighted by Crippen LogP contribution is -2.14. The molecular weight excluding hydrogens is 389 g/mol. The second-order valence-electron chi connectivity index (χ2n) is 5.12. The van der Waals surface area contributed by atoms with Gasteiger partial charge in [0.1, 0.15) is 0 Å². The summed E-state index contributed by atoms with van der Waals surface area (Å²) >= 11 is 11.9. The van der Waals surface area contributed by atoms with Crippen LogP contribution in [0.2, 0.25) is 10.0 Å². The molecule has 1 aromatic heterocycles. The van der Waals surface area contributed by atoms with Crippen LogP contribution in [0, 0.1) is 5.92 Å². The quantitative estimate of drug-likeness (QED) is 0.700. The van der Waals surface area contributed by atoms with Crippen molar-refractivity contribution in [3.63, 3.8) is 0 Å². The number of benzene rings is 1. The number of hydrogen-bond donors (Lipinski definition) is 1. The third kappa shape index (κ3) is 4.74. The molecule has 1 N–H and O–H groups in total. The first-order valence-corrected chi connectivity index (χ1v) is 8.02. The molecule has 1 fully saturated rings. The van der Waals surface area contributed by atoms with Crippen LogP contribution in [0.4, 0.5) is 14.5 Å². The van der Waals surface area contributed by atoms with E-state index < -0.39 is 37.8 Å². The van der Waals surface area contributed by atoms with Crippen molar-refractivity contribution in [2.45, 2.75) is 19.4 Å². The average molecular weight is 407 g/mol. The number of amides is 1. The molecule has 1 aliphatic carbocycles. The molecular formula is C17H14Cl2F2N2O3. The molecule has 0 atom stereocenters. The molecule has 26 heavy (non-hydrogen) atoms. The Kier molecular flexibility index (Phi) is 4.34. The van der Waals surface area contributed by atoms with Gasteiger partial charge in [-0.15, -0.1) is 0 Å². The largest absolute Gasteiger partial charge is 0.489 e. The molecule has 9 heteroatoms. The van der Waals surface area contributed by atoms with Crippen LogP contribution in [0.25, 0.3) is 0 Å². The van der Waals surface area contributed by atoms with E-state index >= 15 is 0 Å². The van der Waals surface area contributed by atoms with E-state index in [1.54, 1.807) is 0 Å². The molecule has 0 aliphatic heterocycles. The number of pyridine rings is 1. The van der Waals surface area contributed by atoms with Crippen LogP contribution >= 0.6 is 23.2 Å². The van der Waals surface area contributed by atoms with Crippen molar-refractivity contribution in [2.75, 3.05) is 11.9 Å². The summed E-state index contributed by atoms with van der Waals surface area (Å²) in [5.41, 5.74) is 0.0884. The number of carbonyl (C=O) groups is 1. The first-order chi connectivity index (χ1) is 13.9. The molecule has 1 aliphatic rings. The van der Waals surface area contributed by atoms with Gasteiger partial charge in [0.05, 0.1) is 22.3 Å². The molecule has 5 nitrogen and oxygen atoms in total. The van der Waals surface area contributed by atoms with Crippen LogP contribution in [0.3, 0.4) is 0 Å². The summed E-state index contributed by atoms with van der Waals surface area (Å²) in [5, 5.41) is 2.65. The van der Waals surface area contributed by atoms with E-state index in [2.05, 4.69) is 15.0 Å². The second-order valence-corrected chi connectivity index (χ2v) is 5.94. The molecule has 1 heterocycles. The first kappa shape index (κ1) is 14.0. The van der Waals surface area contributed by atoms with Gasteiger partial charge in [-0.25, -0.2) is 0 Å². The first-order valence-electron chi connectivity index (χ1n) is 9.27. The predicted molar refractivity (Wildman–Crippen MR) is 93.5 cm³/mol. The Labute approximate surface area is 163 Å². The van der Waals surface area contributed by atoms with Crippen LogP contribution in [0.1, 0.15) is 28.6 Å². The van der Waals surface area contributed by atoms with Crippen LogP contribution in [0.15, 0.2) is 30.6 Å². The number of aromatic nitrogens is 1. The smallest absolute Gasteiger partial charge is 0.387 e. The number of halogens is 4. The van der Waals surface area contributed by atoms with E-state index in [-0.39, 0.29) is 32.8 Å². The highest BCUT2D eigenvalue weighted by Gasteiger charge is 2.23. The van der Waals surface area contributed by atoms with Gasteiger partial charge in [-0.3, -0.25) is 9.78 Å². The monoisotopic (exact) mass is 406 g/mol. The van der Waals surface area contributed by atoms with Crippen molar-refractivity contribution in [2.24, 2.45) is 5.92 Å². The molecule has 3 rings (SSSR count). The Hall–Kier alpha value is -2.12. The molecule has 1 aromatic carbocycles. The van der Waals surface area contributed by atoms with Gasteiger partial charge in [0.2, 0.25) is 0 Å². The highest BCUT2D eigenvalue weighted by molar-refractivity contribution is 6.39. The molecule has 2 aromatic rings. The van der Waals surface area contributed by atoms with E-state index in [1.165, 1.54) is 18.5 Å². The van der Waals surface area contributed by atoms with Gasteiger partial charge >= 0.3 is 6.61 Å². The zero-order valence-electron chi connectivity index (χ0n) is 16.9. The summed E-state index contributed by atoms with van der Waals surface area (Å²) in [4.78, 5) is 16.3. The van der Waals surface area contributed by atoms with Crippen LogP contribution in [0.5, 0.6) is 11.5 Å². The van der Waals surface area contributed by atoms with Gasteiger partial charge in [0.25, 0.3) is 5.91 Å². The lowest BCUT2D eigenvalue weighted by Gasteiger charge is -2.14. The molecule has 0 radical (unpaired) electrons. The van der Waals surface area contributed by atoms with E-state index in [4.69, 9.17) is 33.4 Å². The molecule has 138 valence electrons. The van der Waals surface area contributed by atoms with Crippen molar-refractivity contribution >= 4 is 34.8 Å². The average Bonchev–Trinajstić information content (AvgIpc) is 3.04. The highest BCUT2D eigenvalue weighted by Crippen LogP contribution is 2.35. The number of nitrogens with zero attached hydrogens (tertiary/aromatic N) is 1. The summed E-state index contributed by atoms with van der Waals surface area (Å²) in [7, 11) is 0. The Balaban J connectivity index is 1.82. The third-order valence-electron chi connectivity index (χ3n) is 3.27. The Morgan fingerprint density at radius 2 is 2.00 bits per heavy atom. The van der Waals surface area contributed by atoms with Crippen molar-refractivity contribution in [1.29, 1.82) is 0 Å². The molecule has 0 unspecified atom stereocenters. The van der Waals surface area contributed by atoms with E-state index in [0.717, 1.165) is 12.1 Å². The minimum absolute atomic E-state index is 0.0163. The minimum Gasteiger partial charge on any atom is -0.489 e. The van der Waals surface area contributed by atoms with Gasteiger partial charge < -0.3 is 14.8 Å². The molecule has 0 spiro atoms. The topological polar surface area (TPSA) is 60.5 Å². The lowest BCUT2D eigenvalue weighted by molar-refractivity contribution is -0.0515. The predicted octanol–water partition coefficient (Wildman–Crippen LogP) is 5.03. The lowest BCUT2D eigenvalue weighted by atomic mass is 10.2. The van der Waals surface area contributed by atoms with E-state index in [1.807, 2.05) is 0 Å². The summed E-state index contributed by atoms with van der Waals surface area (Å²) in [6.45, 7) is -3.60. The normalized spacial score (nSPS) is 19.7. The third-order valence-corrected chi connectivity index (χ3v) is 3.84. The number of anilines is 1. The summed E-state index contributed by atoms with van der Waals surface area (Å²) in [6, 6.07) is 3.41. The fourth-order valence-electron chi connectivity index (χ4n) is 1.99. The fourth-order valence-corrected chi connectivity index (χ4v) is 2.45. The molecule has 0 bridgehead atoms. The number of nitrogens with one attached hydrogen (secondary N) is 1. The van der Waals surface area contributed by atoms with Crippen molar-refractivity contribution < 1.29 is 28.5 Å². The highest BCUT2D eigenvalue weighted by atomic mass is 35.5. The maximum absolute atomic E-state index is 12.7. The van der Waals surface area contributed by atoms with Crippen LogP contribution in [-0.4, -0.2) is 24.1 Å². The SMILES string of the molecule is [2H]C1([2H])C(COc2cc(C(=O)Nc3c(Cl)cncc3Cl)ccc2OC(F)F)C1([2H])[2H]. The van der Waals surface area contributed by atoms with E-state index in [9.17, 15) is 13.6 Å². The van der Waals surface area contributed by atoms with Gasteiger partial charge in [-0.05, 0) is 36.9 Å². The van der Waals surface area contributed by atoms with Crippen LogP contribution in [-0.2, 0) is 0 Å². The van der Waals surface area contributed by atoms with Crippen molar-refractivity contribution in [3.8, 4) is 11.5 Å². The van der Waals surface area contributed by atoms with Crippen molar-refractivity contribution in [1.82, 2.24) is 4.98 Å². The fraction of sp³-hybridized carbons (Fsp3) is 0.294. The Morgan fingerprint density at radius 1 is 1.31 bits per heavy atom. The molecule has 0 saturated heterocycles. The van der Waals surface area contributed by atoms with Crippen molar-refractivity contribution in [3.05, 3.63) is 46.2 Å². The molecule has 1 amide bonds. The van der Waals surface area contributed by atoms with Gasteiger partial charge in [-0.1, -0.05) is 23.2 Å². The van der Waals surface area contributed by atoms with Gasteiger partial charge in [0.15, 0.2) is 11.5 Å². The van der Waals surface area contributed by atoms with E-state index in [0.29, 0.717) is 0 Å². The maximum Gasteiger partial charge on any atom is 0.387 e.